The molecule has 4 heteroatoms. The smallest absolute Gasteiger partial charge is 0.125 e. The lowest BCUT2D eigenvalue weighted by Gasteiger charge is -2.25. The van der Waals surface area contributed by atoms with Crippen molar-refractivity contribution in [3.05, 3.63) is 64.9 Å². The lowest BCUT2D eigenvalue weighted by Crippen LogP contribution is -2.27. The Bertz CT molecular complexity index is 571. The number of benzene rings is 2. The van der Waals surface area contributed by atoms with Gasteiger partial charge in [0.25, 0.3) is 0 Å². The van der Waals surface area contributed by atoms with Crippen molar-refractivity contribution in [3.8, 4) is 0 Å². The second kappa shape index (κ2) is 7.43. The van der Waals surface area contributed by atoms with Gasteiger partial charge in [-0.25, -0.2) is 4.39 Å². The minimum Gasteiger partial charge on any atom is -0.372 e. The van der Waals surface area contributed by atoms with Crippen molar-refractivity contribution in [1.82, 2.24) is 0 Å². The van der Waals surface area contributed by atoms with Gasteiger partial charge in [0, 0.05) is 29.8 Å². The summed E-state index contributed by atoms with van der Waals surface area (Å²) in [6, 6.07) is 14.2. The molecule has 2 aromatic carbocycles. The Morgan fingerprint density at radius 2 is 1.90 bits per heavy atom. The third-order valence-corrected chi connectivity index (χ3v) is 3.82. The molecule has 112 valence electrons. The van der Waals surface area contributed by atoms with E-state index in [1.165, 1.54) is 6.07 Å². The molecular formula is C17H20ClFN2. The average molecular weight is 307 g/mol. The predicted molar refractivity (Wildman–Crippen MR) is 87.3 cm³/mol. The molecule has 2 aromatic rings. The highest BCUT2D eigenvalue weighted by Crippen LogP contribution is 2.20. The first-order valence-corrected chi connectivity index (χ1v) is 7.49. The van der Waals surface area contributed by atoms with Crippen LogP contribution < -0.4 is 10.6 Å². The quantitative estimate of drug-likeness (QED) is 0.857. The second-order valence-corrected chi connectivity index (χ2v) is 5.44. The molecule has 0 amide bonds. The third-order valence-electron chi connectivity index (χ3n) is 3.56. The highest BCUT2D eigenvalue weighted by Gasteiger charge is 2.10. The highest BCUT2D eigenvalue weighted by molar-refractivity contribution is 6.30. The molecule has 0 saturated heterocycles. The molecule has 1 unspecified atom stereocenters. The second-order valence-electron chi connectivity index (χ2n) is 5.01. The largest absolute Gasteiger partial charge is 0.372 e. The van der Waals surface area contributed by atoms with Crippen LogP contribution in [0.1, 0.15) is 24.9 Å². The molecule has 0 fully saturated rings. The van der Waals surface area contributed by atoms with E-state index in [9.17, 15) is 4.39 Å². The fraction of sp³-hybridized carbons (Fsp3) is 0.294. The molecule has 0 heterocycles. The number of halogens is 2. The van der Waals surface area contributed by atoms with E-state index in [0.29, 0.717) is 5.02 Å². The average Bonchev–Trinajstić information content (AvgIpc) is 2.48. The Balaban J connectivity index is 1.98. The summed E-state index contributed by atoms with van der Waals surface area (Å²) < 4.78 is 13.3. The first-order valence-electron chi connectivity index (χ1n) is 7.11. The van der Waals surface area contributed by atoms with Crippen LogP contribution in [0.2, 0.25) is 5.02 Å². The maximum absolute atomic E-state index is 13.3. The summed E-state index contributed by atoms with van der Waals surface area (Å²) >= 11 is 5.88. The van der Waals surface area contributed by atoms with E-state index in [0.717, 1.165) is 30.8 Å². The fourth-order valence-corrected chi connectivity index (χ4v) is 2.44. The van der Waals surface area contributed by atoms with Gasteiger partial charge < -0.3 is 10.6 Å². The molecule has 0 aliphatic carbocycles. The molecule has 2 rings (SSSR count). The van der Waals surface area contributed by atoms with Crippen molar-refractivity contribution in [3.63, 3.8) is 0 Å². The summed E-state index contributed by atoms with van der Waals surface area (Å²) in [5.74, 6) is -0.215. The molecule has 0 aliphatic rings. The van der Waals surface area contributed by atoms with Crippen molar-refractivity contribution in [1.29, 1.82) is 0 Å². The Morgan fingerprint density at radius 1 is 1.19 bits per heavy atom. The summed E-state index contributed by atoms with van der Waals surface area (Å²) in [7, 11) is 0. The number of nitrogens with zero attached hydrogens (tertiary/aromatic N) is 1. The number of hydrogen-bond acceptors (Lipinski definition) is 2. The van der Waals surface area contributed by atoms with Crippen LogP contribution in [0.3, 0.4) is 0 Å². The van der Waals surface area contributed by atoms with Crippen LogP contribution in [0, 0.1) is 5.82 Å². The van der Waals surface area contributed by atoms with Gasteiger partial charge in [-0.15, -0.1) is 0 Å². The van der Waals surface area contributed by atoms with Gasteiger partial charge in [0.1, 0.15) is 5.82 Å². The Labute approximate surface area is 130 Å². The molecule has 0 bridgehead atoms. The first kappa shape index (κ1) is 15.8. The summed E-state index contributed by atoms with van der Waals surface area (Å²) in [6.45, 7) is 3.65. The van der Waals surface area contributed by atoms with Gasteiger partial charge in [-0.2, -0.15) is 0 Å². The molecular weight excluding hydrogens is 287 g/mol. The molecule has 0 saturated carbocycles. The van der Waals surface area contributed by atoms with Crippen molar-refractivity contribution in [2.45, 2.75) is 19.4 Å². The van der Waals surface area contributed by atoms with Gasteiger partial charge in [0.15, 0.2) is 0 Å². The van der Waals surface area contributed by atoms with Crippen LogP contribution in [0.15, 0.2) is 48.5 Å². The maximum Gasteiger partial charge on any atom is 0.125 e. The van der Waals surface area contributed by atoms with E-state index in [2.05, 4.69) is 11.8 Å². The van der Waals surface area contributed by atoms with Crippen molar-refractivity contribution >= 4 is 17.3 Å². The monoisotopic (exact) mass is 306 g/mol. The van der Waals surface area contributed by atoms with E-state index in [1.54, 1.807) is 12.1 Å². The van der Waals surface area contributed by atoms with E-state index < -0.39 is 0 Å². The normalized spacial score (nSPS) is 12.2. The minimum atomic E-state index is -0.215. The van der Waals surface area contributed by atoms with Crippen molar-refractivity contribution in [2.24, 2.45) is 5.73 Å². The molecule has 21 heavy (non-hydrogen) atoms. The standard InChI is InChI=1S/C17H20ClFN2/c1-2-21(16-5-3-4-15(19)12-16)11-10-17(20)13-6-8-14(18)9-7-13/h3-9,12,17H,2,10-11,20H2,1H3. The van der Waals surface area contributed by atoms with Crippen LogP contribution in [-0.2, 0) is 0 Å². The molecule has 0 aliphatic heterocycles. The highest BCUT2D eigenvalue weighted by atomic mass is 35.5. The Hall–Kier alpha value is -1.58. The molecule has 0 spiro atoms. The van der Waals surface area contributed by atoms with Gasteiger partial charge in [-0.05, 0) is 49.2 Å². The Kier molecular flexibility index (Phi) is 5.59. The van der Waals surface area contributed by atoms with E-state index in [-0.39, 0.29) is 11.9 Å². The zero-order valence-electron chi connectivity index (χ0n) is 12.1. The minimum absolute atomic E-state index is 0.0510. The van der Waals surface area contributed by atoms with Gasteiger partial charge in [0.05, 0.1) is 0 Å². The predicted octanol–water partition coefficient (Wildman–Crippen LogP) is 4.40. The van der Waals surface area contributed by atoms with Crippen LogP contribution in [-0.4, -0.2) is 13.1 Å². The molecule has 2 N–H and O–H groups in total. The van der Waals surface area contributed by atoms with Gasteiger partial charge >= 0.3 is 0 Å². The molecule has 0 radical (unpaired) electrons. The fourth-order valence-electron chi connectivity index (χ4n) is 2.31. The number of hydrogen-bond donors (Lipinski definition) is 1. The van der Waals surface area contributed by atoms with E-state index >= 15 is 0 Å². The summed E-state index contributed by atoms with van der Waals surface area (Å²) in [5.41, 5.74) is 8.17. The lowest BCUT2D eigenvalue weighted by molar-refractivity contribution is 0.618. The number of nitrogens with two attached hydrogens (primary N) is 1. The van der Waals surface area contributed by atoms with E-state index in [4.69, 9.17) is 17.3 Å². The topological polar surface area (TPSA) is 29.3 Å². The zero-order valence-corrected chi connectivity index (χ0v) is 12.9. The van der Waals surface area contributed by atoms with Crippen molar-refractivity contribution < 1.29 is 4.39 Å². The third kappa shape index (κ3) is 4.45. The van der Waals surface area contributed by atoms with Crippen LogP contribution in [0.5, 0.6) is 0 Å². The van der Waals surface area contributed by atoms with Gasteiger partial charge in [-0.1, -0.05) is 29.8 Å². The van der Waals surface area contributed by atoms with E-state index in [1.807, 2.05) is 30.3 Å². The summed E-state index contributed by atoms with van der Waals surface area (Å²) in [6.07, 6.45) is 0.798. The van der Waals surface area contributed by atoms with Crippen LogP contribution in [0.25, 0.3) is 0 Å². The Morgan fingerprint density at radius 3 is 2.52 bits per heavy atom. The zero-order chi connectivity index (χ0) is 15.2. The SMILES string of the molecule is CCN(CCC(N)c1ccc(Cl)cc1)c1cccc(F)c1. The summed E-state index contributed by atoms with van der Waals surface area (Å²) in [5, 5.41) is 0.709. The van der Waals surface area contributed by atoms with Gasteiger partial charge in [0.2, 0.25) is 0 Å². The number of rotatable bonds is 6. The van der Waals surface area contributed by atoms with Crippen molar-refractivity contribution in [2.75, 3.05) is 18.0 Å². The lowest BCUT2D eigenvalue weighted by atomic mass is 10.0. The molecule has 1 atom stereocenters. The molecule has 0 aromatic heterocycles. The first-order chi connectivity index (χ1) is 10.1. The maximum atomic E-state index is 13.3. The van der Waals surface area contributed by atoms with Crippen LogP contribution in [0.4, 0.5) is 10.1 Å². The van der Waals surface area contributed by atoms with Gasteiger partial charge in [-0.3, -0.25) is 0 Å². The van der Waals surface area contributed by atoms with Crippen LogP contribution >= 0.6 is 11.6 Å². The summed E-state index contributed by atoms with van der Waals surface area (Å²) in [4.78, 5) is 2.12. The number of anilines is 1. The molecule has 2 nitrogen and oxygen atoms in total.